The molecule has 0 atom stereocenters. The molecule has 0 aliphatic carbocycles. The molecule has 2 aromatic carbocycles. The van der Waals surface area contributed by atoms with Crippen LogP contribution in [0.25, 0.3) is 0 Å². The van der Waals surface area contributed by atoms with Gasteiger partial charge >= 0.3 is 5.97 Å². The summed E-state index contributed by atoms with van der Waals surface area (Å²) in [5.74, 6) is 0.118. The first kappa shape index (κ1) is 34.4. The Morgan fingerprint density at radius 2 is 1.10 bits per heavy atom. The maximum atomic E-state index is 11.4. The Balaban J connectivity index is 2.61. The van der Waals surface area contributed by atoms with Gasteiger partial charge in [-0.25, -0.2) is 4.79 Å². The van der Waals surface area contributed by atoms with Crippen molar-refractivity contribution in [3.05, 3.63) is 46.5 Å². The van der Waals surface area contributed by atoms with Crippen LogP contribution in [0.4, 0.5) is 0 Å². The van der Waals surface area contributed by atoms with Crippen molar-refractivity contribution in [3.8, 4) is 11.5 Å². The molecule has 4 nitrogen and oxygen atoms in total. The molecule has 0 aromatic heterocycles. The van der Waals surface area contributed by atoms with E-state index in [4.69, 9.17) is 4.74 Å². The zero-order valence-corrected chi connectivity index (χ0v) is 28.9. The van der Waals surface area contributed by atoms with Crippen molar-refractivity contribution in [1.82, 2.24) is 0 Å². The van der Waals surface area contributed by atoms with Crippen molar-refractivity contribution in [2.45, 2.75) is 133 Å². The number of carbonyl (C=O) groups is 1. The van der Waals surface area contributed by atoms with Crippen LogP contribution in [-0.4, -0.2) is 26.9 Å². The lowest BCUT2D eigenvalue weighted by atomic mass is 9.79. The second-order valence-electron chi connectivity index (χ2n) is 15.6. The van der Waals surface area contributed by atoms with Gasteiger partial charge in [-0.05, 0) is 71.8 Å². The number of carboxylic acid groups (broad SMARTS) is 1. The number of hydrogen-bond donors (Lipinski definition) is 2. The molecule has 0 bridgehead atoms. The molecule has 0 amide bonds. The SMILES string of the molecule is CC(C)(C)Cc1cc(SC(C)(C)Sc2cc(C(C)(C)C)c(O)c(C(C)(C)C)c2)cc(C(C)(C)C)c1OCC(=O)O. The van der Waals surface area contributed by atoms with Gasteiger partial charge in [-0.1, -0.05) is 83.1 Å². The molecule has 0 aliphatic rings. The fourth-order valence-corrected chi connectivity index (χ4v) is 7.29. The predicted octanol–water partition coefficient (Wildman–Crippen LogP) is 9.96. The summed E-state index contributed by atoms with van der Waals surface area (Å²) in [5, 5.41) is 20.5. The molecule has 2 aromatic rings. The van der Waals surface area contributed by atoms with Gasteiger partial charge in [0.05, 0.1) is 4.08 Å². The summed E-state index contributed by atoms with van der Waals surface area (Å²) in [5.41, 5.74) is 3.39. The molecule has 6 heteroatoms. The van der Waals surface area contributed by atoms with E-state index in [1.807, 2.05) is 0 Å². The molecule has 0 heterocycles. The van der Waals surface area contributed by atoms with Crippen LogP contribution in [0.5, 0.6) is 11.5 Å². The zero-order chi connectivity index (χ0) is 31.1. The van der Waals surface area contributed by atoms with Gasteiger partial charge in [0.25, 0.3) is 0 Å². The lowest BCUT2D eigenvalue weighted by molar-refractivity contribution is -0.139. The fraction of sp³-hybridized carbons (Fsp3) is 0.618. The summed E-state index contributed by atoms with van der Waals surface area (Å²) >= 11 is 3.61. The van der Waals surface area contributed by atoms with Crippen LogP contribution in [0.15, 0.2) is 34.1 Å². The lowest BCUT2D eigenvalue weighted by Crippen LogP contribution is -2.20. The molecule has 2 rings (SSSR count). The number of ether oxygens (including phenoxy) is 1. The zero-order valence-electron chi connectivity index (χ0n) is 27.3. The van der Waals surface area contributed by atoms with Crippen molar-refractivity contribution in [1.29, 1.82) is 0 Å². The predicted molar refractivity (Wildman–Crippen MR) is 173 cm³/mol. The summed E-state index contributed by atoms with van der Waals surface area (Å²) in [6.07, 6.45) is 0.773. The van der Waals surface area contributed by atoms with Crippen LogP contribution in [0.1, 0.15) is 119 Å². The maximum absolute atomic E-state index is 11.4. The number of carboxylic acids is 1. The molecule has 224 valence electrons. The molecule has 0 aliphatic heterocycles. The lowest BCUT2D eigenvalue weighted by Gasteiger charge is -2.31. The molecule has 40 heavy (non-hydrogen) atoms. The highest BCUT2D eigenvalue weighted by Crippen LogP contribution is 2.50. The van der Waals surface area contributed by atoms with E-state index in [1.54, 1.807) is 23.5 Å². The fourth-order valence-electron chi connectivity index (χ4n) is 4.68. The third-order valence-corrected chi connectivity index (χ3v) is 8.86. The Morgan fingerprint density at radius 3 is 1.48 bits per heavy atom. The molecule has 0 saturated carbocycles. The van der Waals surface area contributed by atoms with E-state index >= 15 is 0 Å². The van der Waals surface area contributed by atoms with Crippen molar-refractivity contribution >= 4 is 29.5 Å². The number of benzene rings is 2. The van der Waals surface area contributed by atoms with Gasteiger partial charge in [-0.3, -0.25) is 0 Å². The highest BCUT2D eigenvalue weighted by Gasteiger charge is 2.31. The number of phenols is 1. The second-order valence-corrected chi connectivity index (χ2v) is 19.3. The molecule has 0 fully saturated rings. The van der Waals surface area contributed by atoms with Gasteiger partial charge in [0.1, 0.15) is 11.5 Å². The topological polar surface area (TPSA) is 66.8 Å². The molecule has 0 radical (unpaired) electrons. The van der Waals surface area contributed by atoms with Gasteiger partial charge in [0, 0.05) is 26.5 Å². The smallest absolute Gasteiger partial charge is 0.341 e. The monoisotopic (exact) mass is 588 g/mol. The maximum Gasteiger partial charge on any atom is 0.341 e. The van der Waals surface area contributed by atoms with Crippen LogP contribution < -0.4 is 4.74 Å². The largest absolute Gasteiger partial charge is 0.507 e. The molecule has 0 unspecified atom stereocenters. The van der Waals surface area contributed by atoms with Gasteiger partial charge in [0.15, 0.2) is 6.61 Å². The average molecular weight is 589 g/mol. The highest BCUT2D eigenvalue weighted by molar-refractivity contribution is 8.18. The Kier molecular flexibility index (Phi) is 10.2. The van der Waals surface area contributed by atoms with Crippen LogP contribution in [0.2, 0.25) is 0 Å². The van der Waals surface area contributed by atoms with Crippen molar-refractivity contribution in [2.24, 2.45) is 5.41 Å². The van der Waals surface area contributed by atoms with E-state index in [1.165, 1.54) is 0 Å². The van der Waals surface area contributed by atoms with E-state index in [2.05, 4.69) is 121 Å². The van der Waals surface area contributed by atoms with Crippen LogP contribution in [0.3, 0.4) is 0 Å². The van der Waals surface area contributed by atoms with Crippen LogP contribution in [0, 0.1) is 5.41 Å². The minimum absolute atomic E-state index is 0.00278. The number of aliphatic carboxylic acids is 1. The summed E-state index contributed by atoms with van der Waals surface area (Å²) in [6.45, 7) is 29.9. The van der Waals surface area contributed by atoms with Gasteiger partial charge < -0.3 is 14.9 Å². The molecule has 2 N–H and O–H groups in total. The first-order chi connectivity index (χ1) is 17.8. The van der Waals surface area contributed by atoms with Gasteiger partial charge in [-0.2, -0.15) is 0 Å². The van der Waals surface area contributed by atoms with Gasteiger partial charge in [0.2, 0.25) is 0 Å². The summed E-state index contributed by atoms with van der Waals surface area (Å²) in [7, 11) is 0. The molecule has 0 saturated heterocycles. The average Bonchev–Trinajstić information content (AvgIpc) is 2.69. The quantitative estimate of drug-likeness (QED) is 0.236. The van der Waals surface area contributed by atoms with Crippen molar-refractivity contribution < 1.29 is 19.7 Å². The number of rotatable bonds is 8. The van der Waals surface area contributed by atoms with E-state index in [0.29, 0.717) is 11.5 Å². The summed E-state index contributed by atoms with van der Waals surface area (Å²) in [6, 6.07) is 8.65. The van der Waals surface area contributed by atoms with Crippen molar-refractivity contribution in [3.63, 3.8) is 0 Å². The molecular weight excluding hydrogens is 537 g/mol. The number of aromatic hydroxyl groups is 1. The first-order valence-electron chi connectivity index (χ1n) is 14.1. The van der Waals surface area contributed by atoms with Crippen LogP contribution >= 0.6 is 23.5 Å². The Labute approximate surface area is 252 Å². The van der Waals surface area contributed by atoms with Crippen LogP contribution in [-0.2, 0) is 27.5 Å². The van der Waals surface area contributed by atoms with E-state index < -0.39 is 5.97 Å². The third kappa shape index (κ3) is 9.65. The van der Waals surface area contributed by atoms with E-state index in [-0.39, 0.29) is 32.3 Å². The normalized spacial score (nSPS) is 13.4. The minimum atomic E-state index is -0.976. The van der Waals surface area contributed by atoms with E-state index in [9.17, 15) is 15.0 Å². The minimum Gasteiger partial charge on any atom is -0.507 e. The third-order valence-electron chi connectivity index (χ3n) is 6.43. The van der Waals surface area contributed by atoms with Crippen molar-refractivity contribution in [2.75, 3.05) is 6.61 Å². The van der Waals surface area contributed by atoms with Gasteiger partial charge in [-0.15, -0.1) is 23.5 Å². The first-order valence-corrected chi connectivity index (χ1v) is 15.7. The Bertz CT molecular complexity index is 1180. The van der Waals surface area contributed by atoms with E-state index in [0.717, 1.165) is 38.5 Å². The number of phenolic OH excluding ortho intramolecular Hbond substituents is 1. The standard InChI is InChI=1S/C34H52O4S2/c1-30(2,3)19-21-15-22(18-26(33(10,11)12)29(21)38-20-27(35)36)39-34(13,14)40-23-16-24(31(4,5)6)28(37)25(17-23)32(7,8)9/h15-18,37H,19-20H2,1-14H3,(H,35,36). The Hall–Kier alpha value is -1.79. The second kappa shape index (κ2) is 11.8. The number of hydrogen-bond acceptors (Lipinski definition) is 5. The highest BCUT2D eigenvalue weighted by atomic mass is 32.2. The summed E-state index contributed by atoms with van der Waals surface area (Å²) in [4.78, 5) is 13.7. The molecular formula is C34H52O4S2. The molecule has 0 spiro atoms. The number of thioether (sulfide) groups is 2. The summed E-state index contributed by atoms with van der Waals surface area (Å²) < 4.78 is 5.72. The Morgan fingerprint density at radius 1 is 0.700 bits per heavy atom.